The highest BCUT2D eigenvalue weighted by atomic mass is 32.2. The van der Waals surface area contributed by atoms with E-state index in [0.29, 0.717) is 17.8 Å². The first-order chi connectivity index (χ1) is 13.9. The fourth-order valence-electron chi connectivity index (χ4n) is 2.92. The minimum absolute atomic E-state index is 0.168. The topological polar surface area (TPSA) is 75.3 Å². The molecule has 3 rings (SSSR count). The first kappa shape index (κ1) is 20.6. The first-order valence-electron chi connectivity index (χ1n) is 9.38. The number of benzene rings is 3. The molecule has 1 atom stereocenters. The van der Waals surface area contributed by atoms with Gasteiger partial charge in [-0.25, -0.2) is 8.42 Å². The van der Waals surface area contributed by atoms with E-state index in [1.165, 1.54) is 12.1 Å². The molecule has 0 bridgehead atoms. The average molecular weight is 409 g/mol. The third-order valence-electron chi connectivity index (χ3n) is 4.74. The number of nitrogens with one attached hydrogen (secondary N) is 2. The lowest BCUT2D eigenvalue weighted by Gasteiger charge is -2.15. The van der Waals surface area contributed by atoms with Gasteiger partial charge in [-0.2, -0.15) is 0 Å². The van der Waals surface area contributed by atoms with Crippen LogP contribution in [0, 0.1) is 6.92 Å². The fraction of sp³-hybridized carbons (Fsp3) is 0.174. The molecular weight excluding hydrogens is 384 g/mol. The van der Waals surface area contributed by atoms with Crippen LogP contribution in [-0.2, 0) is 10.0 Å². The predicted octanol–water partition coefficient (Wildman–Crippen LogP) is 4.33. The van der Waals surface area contributed by atoms with Gasteiger partial charge in [-0.05, 0) is 48.2 Å². The van der Waals surface area contributed by atoms with Crippen LogP contribution in [0.1, 0.15) is 34.3 Å². The van der Waals surface area contributed by atoms with E-state index >= 15 is 0 Å². The Morgan fingerprint density at radius 1 is 0.931 bits per heavy atom. The van der Waals surface area contributed by atoms with Gasteiger partial charge in [0.05, 0.1) is 10.6 Å². The molecule has 5 nitrogen and oxygen atoms in total. The first-order valence-corrected chi connectivity index (χ1v) is 10.9. The summed E-state index contributed by atoms with van der Waals surface area (Å²) in [6, 6.07) is 23.1. The summed E-state index contributed by atoms with van der Waals surface area (Å²) in [5, 5.41) is 2.92. The number of hydrogen-bond donors (Lipinski definition) is 2. The summed E-state index contributed by atoms with van der Waals surface area (Å²) in [7, 11) is -3.72. The SMILES string of the molecule is Cc1ccc(C(=O)NCC(C)c2ccccc2)cc1NS(=O)(=O)c1ccccc1. The zero-order valence-electron chi connectivity index (χ0n) is 16.4. The Morgan fingerprint density at radius 3 is 2.21 bits per heavy atom. The van der Waals surface area contributed by atoms with Crippen molar-refractivity contribution in [3.8, 4) is 0 Å². The Balaban J connectivity index is 1.72. The van der Waals surface area contributed by atoms with Crippen molar-refractivity contribution in [3.63, 3.8) is 0 Å². The van der Waals surface area contributed by atoms with Gasteiger partial charge in [-0.3, -0.25) is 9.52 Å². The number of aryl methyl sites for hydroxylation is 1. The lowest BCUT2D eigenvalue weighted by atomic mass is 10.0. The normalized spacial score (nSPS) is 12.2. The van der Waals surface area contributed by atoms with Crippen molar-refractivity contribution in [1.82, 2.24) is 5.32 Å². The largest absolute Gasteiger partial charge is 0.351 e. The van der Waals surface area contributed by atoms with Crippen LogP contribution in [0.25, 0.3) is 0 Å². The smallest absolute Gasteiger partial charge is 0.261 e. The Morgan fingerprint density at radius 2 is 1.55 bits per heavy atom. The van der Waals surface area contributed by atoms with Crippen molar-refractivity contribution in [2.24, 2.45) is 0 Å². The molecule has 29 heavy (non-hydrogen) atoms. The Kier molecular flexibility index (Phi) is 6.34. The van der Waals surface area contributed by atoms with Gasteiger partial charge >= 0.3 is 0 Å². The van der Waals surface area contributed by atoms with E-state index in [-0.39, 0.29) is 16.7 Å². The van der Waals surface area contributed by atoms with E-state index in [0.717, 1.165) is 11.1 Å². The van der Waals surface area contributed by atoms with Gasteiger partial charge in [0.25, 0.3) is 15.9 Å². The van der Waals surface area contributed by atoms with E-state index in [4.69, 9.17) is 0 Å². The summed E-state index contributed by atoms with van der Waals surface area (Å²) in [6.45, 7) is 4.33. The van der Waals surface area contributed by atoms with Crippen molar-refractivity contribution in [3.05, 3.63) is 95.6 Å². The molecule has 1 unspecified atom stereocenters. The Labute approximate surface area is 171 Å². The number of amides is 1. The van der Waals surface area contributed by atoms with Crippen LogP contribution in [0.15, 0.2) is 83.8 Å². The number of anilines is 1. The van der Waals surface area contributed by atoms with Gasteiger partial charge in [-0.1, -0.05) is 61.5 Å². The maximum atomic E-state index is 12.6. The second-order valence-electron chi connectivity index (χ2n) is 6.97. The van der Waals surface area contributed by atoms with Crippen LogP contribution in [0.2, 0.25) is 0 Å². The van der Waals surface area contributed by atoms with Gasteiger partial charge in [0.2, 0.25) is 0 Å². The highest BCUT2D eigenvalue weighted by Gasteiger charge is 2.16. The van der Waals surface area contributed by atoms with E-state index in [1.54, 1.807) is 43.3 Å². The molecule has 0 aromatic heterocycles. The van der Waals surface area contributed by atoms with Gasteiger partial charge in [0.15, 0.2) is 0 Å². The van der Waals surface area contributed by atoms with Crippen LogP contribution in [0.5, 0.6) is 0 Å². The number of rotatable bonds is 7. The van der Waals surface area contributed by atoms with Crippen molar-refractivity contribution in [2.45, 2.75) is 24.7 Å². The van der Waals surface area contributed by atoms with Crippen molar-refractivity contribution in [2.75, 3.05) is 11.3 Å². The van der Waals surface area contributed by atoms with Crippen molar-refractivity contribution >= 4 is 21.6 Å². The van der Waals surface area contributed by atoms with Crippen LogP contribution >= 0.6 is 0 Å². The molecule has 3 aromatic rings. The number of carbonyl (C=O) groups is 1. The Bertz CT molecular complexity index is 1080. The van der Waals surface area contributed by atoms with Crippen LogP contribution < -0.4 is 10.0 Å². The van der Waals surface area contributed by atoms with E-state index in [2.05, 4.69) is 10.0 Å². The standard InChI is InChI=1S/C23H24N2O3S/c1-17-13-14-20(23(26)24-16-18(2)19-9-5-3-6-10-19)15-22(17)25-29(27,28)21-11-7-4-8-12-21/h3-15,18,25H,16H2,1-2H3,(H,24,26). The second kappa shape index (κ2) is 8.92. The third kappa shape index (κ3) is 5.23. The molecule has 2 N–H and O–H groups in total. The average Bonchev–Trinajstić information content (AvgIpc) is 2.74. The molecule has 150 valence electrons. The number of carbonyl (C=O) groups excluding carboxylic acids is 1. The molecule has 0 spiro atoms. The summed E-state index contributed by atoms with van der Waals surface area (Å²) in [5.41, 5.74) is 2.67. The van der Waals surface area contributed by atoms with Gasteiger partial charge in [-0.15, -0.1) is 0 Å². The summed E-state index contributed by atoms with van der Waals surface area (Å²) in [6.07, 6.45) is 0. The summed E-state index contributed by atoms with van der Waals surface area (Å²) in [5.74, 6) is -0.0745. The fourth-order valence-corrected chi connectivity index (χ4v) is 4.07. The quantitative estimate of drug-likeness (QED) is 0.611. The van der Waals surface area contributed by atoms with Gasteiger partial charge in [0.1, 0.15) is 0 Å². The molecule has 0 aliphatic rings. The molecular formula is C23H24N2O3S. The summed E-state index contributed by atoms with van der Waals surface area (Å²) < 4.78 is 27.8. The van der Waals surface area contributed by atoms with Crippen LogP contribution in [-0.4, -0.2) is 20.9 Å². The molecule has 0 aliphatic carbocycles. The molecule has 0 radical (unpaired) electrons. The highest BCUT2D eigenvalue weighted by molar-refractivity contribution is 7.92. The summed E-state index contributed by atoms with van der Waals surface area (Å²) in [4.78, 5) is 12.8. The van der Waals surface area contributed by atoms with E-state index in [9.17, 15) is 13.2 Å². The lowest BCUT2D eigenvalue weighted by Crippen LogP contribution is -2.27. The van der Waals surface area contributed by atoms with E-state index < -0.39 is 10.0 Å². The molecule has 0 saturated heterocycles. The molecule has 0 aliphatic heterocycles. The zero-order valence-corrected chi connectivity index (χ0v) is 17.2. The van der Waals surface area contributed by atoms with Crippen molar-refractivity contribution < 1.29 is 13.2 Å². The van der Waals surface area contributed by atoms with Crippen molar-refractivity contribution in [1.29, 1.82) is 0 Å². The summed E-state index contributed by atoms with van der Waals surface area (Å²) >= 11 is 0. The minimum Gasteiger partial charge on any atom is -0.351 e. The molecule has 0 saturated carbocycles. The number of sulfonamides is 1. The van der Waals surface area contributed by atoms with Gasteiger partial charge in [0, 0.05) is 12.1 Å². The zero-order chi connectivity index (χ0) is 20.9. The van der Waals surface area contributed by atoms with Crippen LogP contribution in [0.4, 0.5) is 5.69 Å². The van der Waals surface area contributed by atoms with E-state index in [1.807, 2.05) is 37.3 Å². The van der Waals surface area contributed by atoms with Crippen LogP contribution in [0.3, 0.4) is 0 Å². The molecule has 3 aromatic carbocycles. The monoisotopic (exact) mass is 408 g/mol. The maximum Gasteiger partial charge on any atom is 0.261 e. The third-order valence-corrected chi connectivity index (χ3v) is 6.12. The molecule has 0 fully saturated rings. The molecule has 6 heteroatoms. The predicted molar refractivity (Wildman–Crippen MR) is 116 cm³/mol. The highest BCUT2D eigenvalue weighted by Crippen LogP contribution is 2.21. The molecule has 0 heterocycles. The lowest BCUT2D eigenvalue weighted by molar-refractivity contribution is 0.0951. The maximum absolute atomic E-state index is 12.6. The second-order valence-corrected chi connectivity index (χ2v) is 8.65. The molecule has 1 amide bonds. The Hall–Kier alpha value is -3.12. The minimum atomic E-state index is -3.72. The number of hydrogen-bond acceptors (Lipinski definition) is 3. The van der Waals surface area contributed by atoms with Gasteiger partial charge < -0.3 is 5.32 Å².